The highest BCUT2D eigenvalue weighted by Crippen LogP contribution is 2.33. The summed E-state index contributed by atoms with van der Waals surface area (Å²) in [6.45, 7) is -0.0900. The Labute approximate surface area is 152 Å². The minimum Gasteiger partial charge on any atom is -0.480 e. The van der Waals surface area contributed by atoms with Crippen molar-refractivity contribution >= 4 is 52.2 Å². The normalized spacial score (nSPS) is 22.7. The van der Waals surface area contributed by atoms with E-state index in [2.05, 4.69) is 0 Å². The second-order valence-corrected chi connectivity index (χ2v) is 7.69. The Balaban J connectivity index is 1.71. The Bertz CT molecular complexity index is 744. The lowest BCUT2D eigenvalue weighted by atomic mass is 10.0. The summed E-state index contributed by atoms with van der Waals surface area (Å²) < 4.78 is 0. The molecule has 2 aliphatic heterocycles. The van der Waals surface area contributed by atoms with E-state index in [9.17, 15) is 24.3 Å². The van der Waals surface area contributed by atoms with E-state index in [0.717, 1.165) is 34.4 Å². The van der Waals surface area contributed by atoms with Gasteiger partial charge in [0.1, 0.15) is 12.6 Å². The van der Waals surface area contributed by atoms with Crippen LogP contribution in [0.15, 0.2) is 22.4 Å². The second-order valence-electron chi connectivity index (χ2n) is 5.72. The maximum Gasteiger partial charge on any atom is 0.326 e. The summed E-state index contributed by atoms with van der Waals surface area (Å²) in [6, 6.07) is 2.78. The molecular weight excluding hydrogens is 364 g/mol. The Morgan fingerprint density at radius 1 is 1.32 bits per heavy atom. The Kier molecular flexibility index (Phi) is 5.24. The van der Waals surface area contributed by atoms with Crippen molar-refractivity contribution in [3.8, 4) is 0 Å². The van der Waals surface area contributed by atoms with E-state index in [1.54, 1.807) is 6.08 Å². The van der Waals surface area contributed by atoms with Gasteiger partial charge in [-0.1, -0.05) is 6.07 Å². The molecule has 2 aliphatic rings. The summed E-state index contributed by atoms with van der Waals surface area (Å²) in [5.41, 5.74) is 0. The van der Waals surface area contributed by atoms with Gasteiger partial charge in [0.25, 0.3) is 11.1 Å². The third-order valence-electron chi connectivity index (χ3n) is 4.09. The molecule has 2 fully saturated rings. The first-order valence-electron chi connectivity index (χ1n) is 7.78. The molecule has 2 saturated heterocycles. The number of thiophene rings is 1. The summed E-state index contributed by atoms with van der Waals surface area (Å²) >= 11 is 2.24. The highest BCUT2D eigenvalue weighted by Gasteiger charge is 2.39. The SMILES string of the molecule is O=C(O)[C@H]1CCCCN1C(=O)CN1C(=O)S/C(=C\c2cccs2)C1=O. The highest BCUT2D eigenvalue weighted by molar-refractivity contribution is 8.18. The number of nitrogens with zero attached hydrogens (tertiary/aromatic N) is 2. The quantitative estimate of drug-likeness (QED) is 0.805. The molecule has 0 unspecified atom stereocenters. The van der Waals surface area contributed by atoms with Crippen LogP contribution >= 0.6 is 23.1 Å². The van der Waals surface area contributed by atoms with Crippen LogP contribution in [-0.2, 0) is 14.4 Å². The molecule has 0 aromatic carbocycles. The molecule has 0 saturated carbocycles. The van der Waals surface area contributed by atoms with E-state index >= 15 is 0 Å². The number of carbonyl (C=O) groups is 4. The van der Waals surface area contributed by atoms with Crippen LogP contribution in [0.5, 0.6) is 0 Å². The molecule has 25 heavy (non-hydrogen) atoms. The summed E-state index contributed by atoms with van der Waals surface area (Å²) in [7, 11) is 0. The van der Waals surface area contributed by atoms with Gasteiger partial charge < -0.3 is 10.0 Å². The second kappa shape index (κ2) is 7.40. The maximum atomic E-state index is 12.5. The van der Waals surface area contributed by atoms with E-state index in [-0.39, 0.29) is 4.91 Å². The average molecular weight is 380 g/mol. The molecule has 0 bridgehead atoms. The lowest BCUT2D eigenvalue weighted by Crippen LogP contribution is -2.51. The van der Waals surface area contributed by atoms with Crippen molar-refractivity contribution in [2.24, 2.45) is 0 Å². The van der Waals surface area contributed by atoms with Crippen LogP contribution < -0.4 is 0 Å². The summed E-state index contributed by atoms with van der Waals surface area (Å²) in [5.74, 6) is -2.08. The van der Waals surface area contributed by atoms with E-state index < -0.39 is 35.6 Å². The number of imide groups is 1. The molecule has 0 aliphatic carbocycles. The molecule has 3 rings (SSSR count). The van der Waals surface area contributed by atoms with Crippen molar-refractivity contribution in [1.82, 2.24) is 9.80 Å². The minimum absolute atomic E-state index is 0.272. The number of carboxylic acids is 1. The largest absolute Gasteiger partial charge is 0.480 e. The molecule has 3 amide bonds. The van der Waals surface area contributed by atoms with E-state index in [0.29, 0.717) is 13.0 Å². The van der Waals surface area contributed by atoms with Crippen LogP contribution in [0.25, 0.3) is 6.08 Å². The lowest BCUT2D eigenvalue weighted by molar-refractivity contribution is -0.152. The van der Waals surface area contributed by atoms with E-state index in [1.165, 1.54) is 16.2 Å². The van der Waals surface area contributed by atoms with Gasteiger partial charge >= 0.3 is 5.97 Å². The minimum atomic E-state index is -1.06. The van der Waals surface area contributed by atoms with Crippen LogP contribution in [0.1, 0.15) is 24.1 Å². The monoisotopic (exact) mass is 380 g/mol. The molecule has 132 valence electrons. The first-order chi connectivity index (χ1) is 12.0. The Hall–Kier alpha value is -2.13. The molecule has 1 aromatic rings. The number of rotatable bonds is 4. The van der Waals surface area contributed by atoms with Crippen molar-refractivity contribution in [2.45, 2.75) is 25.3 Å². The standard InChI is InChI=1S/C16H16N2O5S2/c19-13(17-6-2-1-5-11(17)15(21)22)9-18-14(20)12(25-16(18)23)8-10-4-3-7-24-10/h3-4,7-8,11H,1-2,5-6,9H2,(H,21,22)/b12-8-/t11-/m1/s1. The van der Waals surface area contributed by atoms with Crippen LogP contribution in [0, 0.1) is 0 Å². The topological polar surface area (TPSA) is 95.0 Å². The molecule has 1 aromatic heterocycles. The van der Waals surface area contributed by atoms with Crippen molar-refractivity contribution in [1.29, 1.82) is 0 Å². The molecular formula is C16H16N2O5S2. The van der Waals surface area contributed by atoms with Gasteiger partial charge in [-0.3, -0.25) is 19.3 Å². The molecule has 1 atom stereocenters. The van der Waals surface area contributed by atoms with Gasteiger partial charge in [-0.25, -0.2) is 4.79 Å². The Morgan fingerprint density at radius 3 is 2.80 bits per heavy atom. The maximum absolute atomic E-state index is 12.5. The van der Waals surface area contributed by atoms with Crippen LogP contribution in [0.3, 0.4) is 0 Å². The fraction of sp³-hybridized carbons (Fsp3) is 0.375. The number of thioether (sulfide) groups is 1. The van der Waals surface area contributed by atoms with Gasteiger partial charge in [0.15, 0.2) is 0 Å². The number of carbonyl (C=O) groups excluding carboxylic acids is 3. The number of carboxylic acid groups (broad SMARTS) is 1. The van der Waals surface area contributed by atoms with E-state index in [1.807, 2.05) is 17.5 Å². The van der Waals surface area contributed by atoms with Crippen LogP contribution in [0.4, 0.5) is 4.79 Å². The first kappa shape index (κ1) is 17.7. The van der Waals surface area contributed by atoms with E-state index in [4.69, 9.17) is 0 Å². The first-order valence-corrected chi connectivity index (χ1v) is 9.48. The molecule has 0 spiro atoms. The zero-order valence-electron chi connectivity index (χ0n) is 13.2. The molecule has 1 N–H and O–H groups in total. The van der Waals surface area contributed by atoms with Crippen molar-refractivity contribution in [3.05, 3.63) is 27.3 Å². The Morgan fingerprint density at radius 2 is 2.12 bits per heavy atom. The number of amides is 3. The summed E-state index contributed by atoms with van der Waals surface area (Å²) in [4.78, 5) is 51.6. The third-order valence-corrected chi connectivity index (χ3v) is 5.82. The van der Waals surface area contributed by atoms with Gasteiger partial charge in [-0.05, 0) is 48.5 Å². The third kappa shape index (κ3) is 3.77. The van der Waals surface area contributed by atoms with Crippen molar-refractivity contribution in [3.63, 3.8) is 0 Å². The number of hydrogen-bond acceptors (Lipinski definition) is 6. The van der Waals surface area contributed by atoms with Gasteiger partial charge in [0, 0.05) is 11.4 Å². The van der Waals surface area contributed by atoms with Gasteiger partial charge in [0.05, 0.1) is 4.91 Å². The highest BCUT2D eigenvalue weighted by atomic mass is 32.2. The predicted octanol–water partition coefficient (Wildman–Crippen LogP) is 2.25. The predicted molar refractivity (Wildman–Crippen MR) is 94.0 cm³/mol. The lowest BCUT2D eigenvalue weighted by Gasteiger charge is -2.33. The van der Waals surface area contributed by atoms with Gasteiger partial charge in [0.2, 0.25) is 5.91 Å². The number of aliphatic carboxylic acids is 1. The number of hydrogen-bond donors (Lipinski definition) is 1. The average Bonchev–Trinajstić information content (AvgIpc) is 3.19. The smallest absolute Gasteiger partial charge is 0.326 e. The zero-order valence-corrected chi connectivity index (χ0v) is 14.8. The van der Waals surface area contributed by atoms with Crippen molar-refractivity contribution in [2.75, 3.05) is 13.1 Å². The van der Waals surface area contributed by atoms with Gasteiger partial charge in [-0.2, -0.15) is 0 Å². The summed E-state index contributed by atoms with van der Waals surface area (Å²) in [5, 5.41) is 10.6. The van der Waals surface area contributed by atoms with Crippen LogP contribution in [0.2, 0.25) is 0 Å². The fourth-order valence-electron chi connectivity index (χ4n) is 2.85. The van der Waals surface area contributed by atoms with Gasteiger partial charge in [-0.15, -0.1) is 11.3 Å². The molecule has 7 nitrogen and oxygen atoms in total. The molecule has 9 heteroatoms. The fourth-order valence-corrected chi connectivity index (χ4v) is 4.41. The van der Waals surface area contributed by atoms with Crippen molar-refractivity contribution < 1.29 is 24.3 Å². The van der Waals surface area contributed by atoms with Crippen LogP contribution in [-0.4, -0.2) is 57.1 Å². The summed E-state index contributed by atoms with van der Waals surface area (Å²) in [6.07, 6.45) is 3.48. The zero-order chi connectivity index (χ0) is 18.0. The number of likely N-dealkylation sites (tertiary alicyclic amines) is 1. The molecule has 0 radical (unpaired) electrons. The molecule has 3 heterocycles. The number of piperidine rings is 1.